The summed E-state index contributed by atoms with van der Waals surface area (Å²) < 4.78 is 11.3. The number of likely N-dealkylation sites (N-methyl/N-ethyl adjacent to an activating group) is 1. The van der Waals surface area contributed by atoms with Crippen molar-refractivity contribution in [3.05, 3.63) is 48.4 Å². The number of hydrogen-bond donors (Lipinski definition) is 1. The van der Waals surface area contributed by atoms with Crippen LogP contribution in [0.3, 0.4) is 0 Å². The van der Waals surface area contributed by atoms with Crippen molar-refractivity contribution < 1.29 is 13.6 Å². The van der Waals surface area contributed by atoms with Crippen molar-refractivity contribution in [3.8, 4) is 0 Å². The first-order valence-corrected chi connectivity index (χ1v) is 9.45. The van der Waals surface area contributed by atoms with E-state index in [2.05, 4.69) is 15.2 Å². The Kier molecular flexibility index (Phi) is 5.21. The standard InChI is InChI=1S/C20H25N5O3/c1-23(2)16(18-8-5-13-27-18)14-21-19(26)24-9-11-25(12-10-24)20-22-15-6-3-4-7-17(15)28-20/h3-8,13,16H,9-12,14H2,1-2H3,(H,21,26)/t16-/m0/s1. The van der Waals surface area contributed by atoms with Crippen molar-refractivity contribution in [2.24, 2.45) is 0 Å². The molecular formula is C20H25N5O3. The highest BCUT2D eigenvalue weighted by atomic mass is 16.4. The molecule has 0 aliphatic carbocycles. The summed E-state index contributed by atoms with van der Waals surface area (Å²) in [4.78, 5) is 23.1. The van der Waals surface area contributed by atoms with Crippen molar-refractivity contribution in [1.82, 2.24) is 20.1 Å². The maximum absolute atomic E-state index is 12.6. The highest BCUT2D eigenvalue weighted by molar-refractivity contribution is 5.75. The minimum Gasteiger partial charge on any atom is -0.468 e. The van der Waals surface area contributed by atoms with E-state index in [9.17, 15) is 4.79 Å². The van der Waals surface area contributed by atoms with E-state index in [1.165, 1.54) is 0 Å². The third-order valence-corrected chi connectivity index (χ3v) is 5.06. The molecule has 1 aromatic carbocycles. The van der Waals surface area contributed by atoms with Gasteiger partial charge in [0, 0.05) is 32.7 Å². The van der Waals surface area contributed by atoms with Gasteiger partial charge in [-0.3, -0.25) is 4.90 Å². The van der Waals surface area contributed by atoms with E-state index in [1.54, 1.807) is 6.26 Å². The summed E-state index contributed by atoms with van der Waals surface area (Å²) in [6, 6.07) is 12.1. The minimum absolute atomic E-state index is 0.0000116. The molecule has 3 heterocycles. The molecule has 28 heavy (non-hydrogen) atoms. The largest absolute Gasteiger partial charge is 0.468 e. The van der Waals surface area contributed by atoms with E-state index in [4.69, 9.17) is 8.83 Å². The summed E-state index contributed by atoms with van der Waals surface area (Å²) in [5.74, 6) is 0.839. The van der Waals surface area contributed by atoms with Crippen molar-refractivity contribution in [2.45, 2.75) is 6.04 Å². The monoisotopic (exact) mass is 383 g/mol. The molecule has 0 bridgehead atoms. The molecule has 0 radical (unpaired) electrons. The van der Waals surface area contributed by atoms with Crippen molar-refractivity contribution in [1.29, 1.82) is 0 Å². The van der Waals surface area contributed by atoms with Gasteiger partial charge in [0.15, 0.2) is 5.58 Å². The molecule has 8 heteroatoms. The number of aromatic nitrogens is 1. The number of urea groups is 1. The Hall–Kier alpha value is -3.00. The number of anilines is 1. The van der Waals surface area contributed by atoms with Crippen LogP contribution in [-0.2, 0) is 0 Å². The summed E-state index contributed by atoms with van der Waals surface area (Å²) in [7, 11) is 3.94. The number of piperazine rings is 1. The second kappa shape index (κ2) is 7.93. The Morgan fingerprint density at radius 2 is 1.96 bits per heavy atom. The number of rotatable bonds is 5. The molecule has 1 fully saturated rings. The zero-order valence-electron chi connectivity index (χ0n) is 16.2. The van der Waals surface area contributed by atoms with Crippen LogP contribution in [0.4, 0.5) is 10.8 Å². The molecule has 1 atom stereocenters. The van der Waals surface area contributed by atoms with E-state index in [-0.39, 0.29) is 12.1 Å². The number of oxazole rings is 1. The molecule has 0 spiro atoms. The molecule has 8 nitrogen and oxygen atoms in total. The quantitative estimate of drug-likeness (QED) is 0.730. The molecule has 2 aromatic heterocycles. The number of carbonyl (C=O) groups excluding carboxylic acids is 1. The SMILES string of the molecule is CN(C)[C@@H](CNC(=O)N1CCN(c2nc3ccccc3o2)CC1)c1ccco1. The van der Waals surface area contributed by atoms with Crippen LogP contribution in [0.1, 0.15) is 11.8 Å². The number of fused-ring (bicyclic) bond motifs is 1. The summed E-state index contributed by atoms with van der Waals surface area (Å²) in [6.45, 7) is 3.12. The van der Waals surface area contributed by atoms with Crippen LogP contribution in [0.15, 0.2) is 51.5 Å². The smallest absolute Gasteiger partial charge is 0.317 e. The van der Waals surface area contributed by atoms with Gasteiger partial charge in [0.1, 0.15) is 11.3 Å². The first-order valence-electron chi connectivity index (χ1n) is 9.45. The van der Waals surface area contributed by atoms with E-state index < -0.39 is 0 Å². The number of amides is 2. The summed E-state index contributed by atoms with van der Waals surface area (Å²) in [5.41, 5.74) is 1.63. The molecule has 4 rings (SSSR count). The summed E-state index contributed by atoms with van der Waals surface area (Å²) in [5, 5.41) is 3.03. The molecule has 3 aromatic rings. The molecule has 1 aliphatic heterocycles. The lowest BCUT2D eigenvalue weighted by Crippen LogP contribution is -2.52. The molecule has 148 valence electrons. The third-order valence-electron chi connectivity index (χ3n) is 5.06. The Morgan fingerprint density at radius 3 is 2.64 bits per heavy atom. The number of carbonyl (C=O) groups is 1. The number of nitrogens with one attached hydrogen (secondary N) is 1. The van der Waals surface area contributed by atoms with Gasteiger partial charge in [0.05, 0.1) is 12.3 Å². The van der Waals surface area contributed by atoms with Gasteiger partial charge < -0.3 is 24.0 Å². The highest BCUT2D eigenvalue weighted by Crippen LogP contribution is 2.22. The fraction of sp³-hybridized carbons (Fsp3) is 0.400. The Bertz CT molecular complexity index is 880. The average Bonchev–Trinajstić information content (AvgIpc) is 3.37. The summed E-state index contributed by atoms with van der Waals surface area (Å²) in [6.07, 6.45) is 1.65. The van der Waals surface area contributed by atoms with Gasteiger partial charge >= 0.3 is 6.03 Å². The predicted molar refractivity (Wildman–Crippen MR) is 106 cm³/mol. The normalized spacial score (nSPS) is 16.0. The fourth-order valence-electron chi connectivity index (χ4n) is 3.41. The van der Waals surface area contributed by atoms with Crippen LogP contribution < -0.4 is 10.2 Å². The van der Waals surface area contributed by atoms with Crippen LogP contribution in [0, 0.1) is 0 Å². The maximum Gasteiger partial charge on any atom is 0.317 e. The van der Waals surface area contributed by atoms with Gasteiger partial charge in [-0.1, -0.05) is 12.1 Å². The fourth-order valence-corrected chi connectivity index (χ4v) is 3.41. The van der Waals surface area contributed by atoms with Crippen LogP contribution in [0.25, 0.3) is 11.1 Å². The van der Waals surface area contributed by atoms with Crippen LogP contribution in [-0.4, -0.2) is 67.6 Å². The first kappa shape index (κ1) is 18.4. The lowest BCUT2D eigenvalue weighted by molar-refractivity contribution is 0.185. The number of para-hydroxylation sites is 2. The molecule has 1 aliphatic rings. The summed E-state index contributed by atoms with van der Waals surface area (Å²) >= 11 is 0. The van der Waals surface area contributed by atoms with E-state index in [0.29, 0.717) is 38.7 Å². The lowest BCUT2D eigenvalue weighted by atomic mass is 10.2. The van der Waals surface area contributed by atoms with Crippen molar-refractivity contribution in [2.75, 3.05) is 51.7 Å². The Balaban J connectivity index is 1.31. The average molecular weight is 383 g/mol. The molecular weight excluding hydrogens is 358 g/mol. The van der Waals surface area contributed by atoms with Crippen LogP contribution in [0.2, 0.25) is 0 Å². The Labute approximate surface area is 163 Å². The third kappa shape index (κ3) is 3.82. The minimum atomic E-state index is -0.0596. The van der Waals surface area contributed by atoms with Gasteiger partial charge in [-0.15, -0.1) is 0 Å². The lowest BCUT2D eigenvalue weighted by Gasteiger charge is -2.34. The van der Waals surface area contributed by atoms with Gasteiger partial charge in [-0.2, -0.15) is 4.98 Å². The zero-order valence-corrected chi connectivity index (χ0v) is 16.2. The van der Waals surface area contributed by atoms with Gasteiger partial charge in [-0.25, -0.2) is 4.79 Å². The van der Waals surface area contributed by atoms with Crippen molar-refractivity contribution in [3.63, 3.8) is 0 Å². The second-order valence-electron chi connectivity index (χ2n) is 7.12. The van der Waals surface area contributed by atoms with Gasteiger partial charge in [0.25, 0.3) is 6.01 Å². The predicted octanol–water partition coefficient (Wildman–Crippen LogP) is 2.56. The molecule has 0 saturated carbocycles. The molecule has 1 N–H and O–H groups in total. The molecule has 2 amide bonds. The molecule has 0 unspecified atom stereocenters. The van der Waals surface area contributed by atoms with Crippen molar-refractivity contribution >= 4 is 23.1 Å². The number of furan rings is 1. The second-order valence-corrected chi connectivity index (χ2v) is 7.12. The maximum atomic E-state index is 12.6. The Morgan fingerprint density at radius 1 is 1.18 bits per heavy atom. The van der Waals surface area contributed by atoms with Crippen LogP contribution >= 0.6 is 0 Å². The number of hydrogen-bond acceptors (Lipinski definition) is 6. The van der Waals surface area contributed by atoms with Gasteiger partial charge in [0.2, 0.25) is 0 Å². The van der Waals surface area contributed by atoms with E-state index in [1.807, 2.05) is 60.3 Å². The number of nitrogens with zero attached hydrogens (tertiary/aromatic N) is 4. The molecule has 1 saturated heterocycles. The van der Waals surface area contributed by atoms with Gasteiger partial charge in [-0.05, 0) is 38.4 Å². The van der Waals surface area contributed by atoms with E-state index >= 15 is 0 Å². The number of benzene rings is 1. The van der Waals surface area contributed by atoms with Crippen LogP contribution in [0.5, 0.6) is 0 Å². The topological polar surface area (TPSA) is 78.0 Å². The van der Waals surface area contributed by atoms with E-state index in [0.717, 1.165) is 16.9 Å². The zero-order chi connectivity index (χ0) is 19.5. The highest BCUT2D eigenvalue weighted by Gasteiger charge is 2.25. The first-order chi connectivity index (χ1) is 13.6.